The molecule has 1 aromatic heterocycles. The molecule has 1 heterocycles. The lowest BCUT2D eigenvalue weighted by Gasteiger charge is -2.36. The Bertz CT molecular complexity index is 605. The van der Waals surface area contributed by atoms with E-state index in [0.29, 0.717) is 5.15 Å². The number of benzene rings is 1. The second-order valence-electron chi connectivity index (χ2n) is 6.32. The predicted molar refractivity (Wildman–Crippen MR) is 84.6 cm³/mol. The fourth-order valence-corrected chi connectivity index (χ4v) is 2.87. The van der Waals surface area contributed by atoms with Crippen LogP contribution in [0.2, 0.25) is 23.3 Å². The second kappa shape index (κ2) is 4.80. The Balaban J connectivity index is 2.51. The molecule has 0 aliphatic rings. The van der Waals surface area contributed by atoms with E-state index in [1.165, 1.54) is 0 Å². The van der Waals surface area contributed by atoms with Crippen LogP contribution in [0.4, 0.5) is 0 Å². The van der Waals surface area contributed by atoms with E-state index in [-0.39, 0.29) is 5.04 Å². The Kier molecular flexibility index (Phi) is 3.62. The highest BCUT2D eigenvalue weighted by Gasteiger charge is 2.39. The van der Waals surface area contributed by atoms with E-state index in [1.807, 2.05) is 24.3 Å². The van der Waals surface area contributed by atoms with E-state index in [1.54, 1.807) is 6.20 Å². The van der Waals surface area contributed by atoms with Crippen molar-refractivity contribution in [2.75, 3.05) is 0 Å². The maximum absolute atomic E-state index is 6.35. The maximum atomic E-state index is 6.35. The van der Waals surface area contributed by atoms with E-state index < -0.39 is 8.32 Å². The van der Waals surface area contributed by atoms with Crippen molar-refractivity contribution in [2.45, 2.75) is 38.9 Å². The minimum absolute atomic E-state index is 0.160. The third-order valence-electron chi connectivity index (χ3n) is 3.88. The van der Waals surface area contributed by atoms with E-state index in [9.17, 15) is 0 Å². The molecule has 0 bridgehead atoms. The lowest BCUT2D eigenvalue weighted by Crippen LogP contribution is -2.43. The average Bonchev–Trinajstić information content (AvgIpc) is 2.32. The SMILES string of the molecule is CC(C)(C)[Si](C)(C)Oc1cnc(Cl)c2ccccc12. The number of pyridine rings is 1. The third-order valence-corrected chi connectivity index (χ3v) is 8.53. The molecule has 102 valence electrons. The van der Waals surface area contributed by atoms with Gasteiger partial charge in [0, 0.05) is 10.8 Å². The summed E-state index contributed by atoms with van der Waals surface area (Å²) < 4.78 is 6.35. The van der Waals surface area contributed by atoms with Crippen LogP contribution < -0.4 is 4.43 Å². The van der Waals surface area contributed by atoms with Crippen LogP contribution in [0.5, 0.6) is 5.75 Å². The topological polar surface area (TPSA) is 22.1 Å². The van der Waals surface area contributed by atoms with Crippen LogP contribution in [0.3, 0.4) is 0 Å². The lowest BCUT2D eigenvalue weighted by atomic mass is 10.2. The number of aromatic nitrogens is 1. The number of nitrogens with zero attached hydrogens (tertiary/aromatic N) is 1. The van der Waals surface area contributed by atoms with Crippen LogP contribution in [-0.4, -0.2) is 13.3 Å². The van der Waals surface area contributed by atoms with Crippen molar-refractivity contribution in [3.63, 3.8) is 0 Å². The van der Waals surface area contributed by atoms with Crippen molar-refractivity contribution >= 4 is 30.7 Å². The van der Waals surface area contributed by atoms with Gasteiger partial charge < -0.3 is 4.43 Å². The van der Waals surface area contributed by atoms with Gasteiger partial charge in [-0.2, -0.15) is 0 Å². The summed E-state index contributed by atoms with van der Waals surface area (Å²) >= 11 is 6.13. The van der Waals surface area contributed by atoms with Gasteiger partial charge in [0.15, 0.2) is 0 Å². The first kappa shape index (κ1) is 14.3. The third kappa shape index (κ3) is 2.77. The zero-order valence-electron chi connectivity index (χ0n) is 12.1. The molecule has 1 aromatic carbocycles. The molecular weight excluding hydrogens is 274 g/mol. The van der Waals surface area contributed by atoms with Crippen LogP contribution >= 0.6 is 11.6 Å². The Morgan fingerprint density at radius 2 is 1.68 bits per heavy atom. The normalized spacial score (nSPS) is 12.7. The van der Waals surface area contributed by atoms with Gasteiger partial charge in [0.2, 0.25) is 0 Å². The largest absolute Gasteiger partial charge is 0.542 e. The van der Waals surface area contributed by atoms with Crippen molar-refractivity contribution in [1.82, 2.24) is 4.98 Å². The maximum Gasteiger partial charge on any atom is 0.250 e. The zero-order chi connectivity index (χ0) is 14.3. The van der Waals surface area contributed by atoms with E-state index in [2.05, 4.69) is 38.8 Å². The summed E-state index contributed by atoms with van der Waals surface area (Å²) in [4.78, 5) is 4.24. The molecule has 0 atom stereocenters. The molecule has 0 saturated heterocycles. The monoisotopic (exact) mass is 293 g/mol. The molecular formula is C15H20ClNOSi. The van der Waals surface area contributed by atoms with Gasteiger partial charge in [-0.1, -0.05) is 56.6 Å². The number of hydrogen-bond acceptors (Lipinski definition) is 2. The first-order valence-electron chi connectivity index (χ1n) is 6.45. The van der Waals surface area contributed by atoms with Crippen LogP contribution in [0.1, 0.15) is 20.8 Å². The molecule has 0 N–H and O–H groups in total. The first-order chi connectivity index (χ1) is 8.72. The van der Waals surface area contributed by atoms with E-state index >= 15 is 0 Å². The Morgan fingerprint density at radius 3 is 2.26 bits per heavy atom. The zero-order valence-corrected chi connectivity index (χ0v) is 13.9. The summed E-state index contributed by atoms with van der Waals surface area (Å²) in [5.74, 6) is 0.839. The first-order valence-corrected chi connectivity index (χ1v) is 9.73. The van der Waals surface area contributed by atoms with E-state index in [0.717, 1.165) is 16.5 Å². The predicted octanol–water partition coefficient (Wildman–Crippen LogP) is 5.27. The van der Waals surface area contributed by atoms with Crippen molar-refractivity contribution < 1.29 is 4.43 Å². The molecule has 19 heavy (non-hydrogen) atoms. The van der Waals surface area contributed by atoms with Gasteiger partial charge in [-0.05, 0) is 18.1 Å². The summed E-state index contributed by atoms with van der Waals surface area (Å²) in [7, 11) is -1.86. The Morgan fingerprint density at radius 1 is 1.11 bits per heavy atom. The van der Waals surface area contributed by atoms with Crippen LogP contribution in [0.15, 0.2) is 30.5 Å². The van der Waals surface area contributed by atoms with Crippen LogP contribution in [-0.2, 0) is 0 Å². The second-order valence-corrected chi connectivity index (χ2v) is 11.4. The molecule has 0 aliphatic carbocycles. The van der Waals surface area contributed by atoms with E-state index in [4.69, 9.17) is 16.0 Å². The highest BCUT2D eigenvalue weighted by molar-refractivity contribution is 6.74. The minimum Gasteiger partial charge on any atom is -0.542 e. The highest BCUT2D eigenvalue weighted by atomic mass is 35.5. The summed E-state index contributed by atoms with van der Waals surface area (Å²) in [5.41, 5.74) is 0. The molecule has 0 radical (unpaired) electrons. The molecule has 0 amide bonds. The van der Waals surface area contributed by atoms with Gasteiger partial charge in [-0.15, -0.1) is 0 Å². The van der Waals surface area contributed by atoms with Crippen molar-refractivity contribution in [1.29, 1.82) is 0 Å². The molecule has 0 aliphatic heterocycles. The van der Waals surface area contributed by atoms with Crippen molar-refractivity contribution in [3.05, 3.63) is 35.6 Å². The van der Waals surface area contributed by atoms with Crippen molar-refractivity contribution in [2.24, 2.45) is 0 Å². The van der Waals surface area contributed by atoms with Crippen molar-refractivity contribution in [3.8, 4) is 5.75 Å². The molecule has 0 saturated carbocycles. The molecule has 4 heteroatoms. The minimum atomic E-state index is -1.86. The van der Waals surface area contributed by atoms with Gasteiger partial charge in [0.05, 0.1) is 6.20 Å². The number of rotatable bonds is 2. The molecule has 0 spiro atoms. The molecule has 0 fully saturated rings. The average molecular weight is 294 g/mol. The summed E-state index contributed by atoms with van der Waals surface area (Å²) in [6.07, 6.45) is 1.74. The molecule has 2 aromatic rings. The Labute approximate surface area is 120 Å². The number of halogens is 1. The van der Waals surface area contributed by atoms with Gasteiger partial charge in [-0.25, -0.2) is 4.98 Å². The fraction of sp³-hybridized carbons (Fsp3) is 0.400. The fourth-order valence-electron chi connectivity index (χ4n) is 1.64. The summed E-state index contributed by atoms with van der Waals surface area (Å²) in [6, 6.07) is 7.97. The van der Waals surface area contributed by atoms with Crippen LogP contribution in [0.25, 0.3) is 10.8 Å². The summed E-state index contributed by atoms with van der Waals surface area (Å²) in [6.45, 7) is 11.1. The summed E-state index contributed by atoms with van der Waals surface area (Å²) in [5, 5.41) is 2.67. The van der Waals surface area contributed by atoms with Gasteiger partial charge in [0.1, 0.15) is 10.9 Å². The standard InChI is InChI=1S/C15H20ClNOSi/c1-15(2,3)19(4,5)18-13-10-17-14(16)12-9-7-6-8-11(12)13/h6-10H,1-5H3. The van der Waals surface area contributed by atoms with Gasteiger partial charge in [0.25, 0.3) is 8.32 Å². The van der Waals surface area contributed by atoms with Crippen LogP contribution in [0, 0.1) is 0 Å². The number of hydrogen-bond donors (Lipinski definition) is 0. The molecule has 2 nitrogen and oxygen atoms in total. The van der Waals surface area contributed by atoms with Gasteiger partial charge >= 0.3 is 0 Å². The lowest BCUT2D eigenvalue weighted by molar-refractivity contribution is 0.495. The molecule has 0 unspecified atom stereocenters. The number of fused-ring (bicyclic) bond motifs is 1. The van der Waals surface area contributed by atoms with Gasteiger partial charge in [-0.3, -0.25) is 0 Å². The quantitative estimate of drug-likeness (QED) is 0.556. The highest BCUT2D eigenvalue weighted by Crippen LogP contribution is 2.39. The smallest absolute Gasteiger partial charge is 0.250 e. The Hall–Kier alpha value is -1.06. The molecule has 2 rings (SSSR count).